The Morgan fingerprint density at radius 1 is 1.29 bits per heavy atom. The lowest BCUT2D eigenvalue weighted by atomic mass is 9.99. The maximum atomic E-state index is 5.21. The molecule has 1 aliphatic heterocycles. The lowest BCUT2D eigenvalue weighted by molar-refractivity contribution is 0.393. The smallest absolute Gasteiger partial charge is 0.141 e. The summed E-state index contributed by atoms with van der Waals surface area (Å²) >= 11 is 3.60. The van der Waals surface area contributed by atoms with Crippen LogP contribution >= 0.6 is 15.9 Å². The number of benzene rings is 1. The van der Waals surface area contributed by atoms with E-state index in [0.29, 0.717) is 0 Å². The van der Waals surface area contributed by atoms with E-state index in [1.165, 1.54) is 11.1 Å². The van der Waals surface area contributed by atoms with Crippen LogP contribution in [0.25, 0.3) is 11.1 Å². The van der Waals surface area contributed by atoms with Crippen molar-refractivity contribution in [3.8, 4) is 11.1 Å². The molecule has 0 saturated heterocycles. The second kappa shape index (κ2) is 3.81. The Morgan fingerprint density at radius 3 is 2.82 bits per heavy atom. The van der Waals surface area contributed by atoms with Crippen LogP contribution in [0.3, 0.4) is 0 Å². The van der Waals surface area contributed by atoms with Crippen LogP contribution in [0.4, 0.5) is 0 Å². The molecule has 0 fully saturated rings. The summed E-state index contributed by atoms with van der Waals surface area (Å²) in [6.07, 6.45) is 1.92. The average molecular weight is 291 g/mol. The molecule has 0 radical (unpaired) electrons. The highest BCUT2D eigenvalue weighted by molar-refractivity contribution is 9.10. The van der Waals surface area contributed by atoms with Crippen molar-refractivity contribution < 1.29 is 4.52 Å². The molecule has 0 bridgehead atoms. The summed E-state index contributed by atoms with van der Waals surface area (Å²) in [6.45, 7) is 4.66. The molecule has 0 amide bonds. The maximum Gasteiger partial charge on any atom is 0.141 e. The molecule has 17 heavy (non-hydrogen) atoms. The van der Waals surface area contributed by atoms with Crippen LogP contribution in [-0.2, 0) is 6.54 Å². The van der Waals surface area contributed by atoms with Crippen molar-refractivity contribution >= 4 is 22.1 Å². The molecular weight excluding hydrogens is 280 g/mol. The van der Waals surface area contributed by atoms with E-state index in [1.807, 2.05) is 20.1 Å². The number of halogens is 1. The molecule has 0 unspecified atom stereocenters. The first-order chi connectivity index (χ1) is 8.16. The van der Waals surface area contributed by atoms with Gasteiger partial charge in [0, 0.05) is 16.3 Å². The fourth-order valence-corrected chi connectivity index (χ4v) is 2.82. The van der Waals surface area contributed by atoms with Crippen LogP contribution in [0.15, 0.2) is 26.1 Å². The van der Waals surface area contributed by atoms with Crippen molar-refractivity contribution in [1.82, 2.24) is 5.16 Å². The number of rotatable bonds is 1. The highest BCUT2D eigenvalue weighted by Gasteiger charge is 2.16. The number of hydrogen-bond donors (Lipinski definition) is 0. The van der Waals surface area contributed by atoms with Gasteiger partial charge in [-0.2, -0.15) is 0 Å². The minimum atomic E-state index is 0.762. The van der Waals surface area contributed by atoms with Gasteiger partial charge in [-0.25, -0.2) is 0 Å². The van der Waals surface area contributed by atoms with Crippen molar-refractivity contribution in [2.24, 2.45) is 4.99 Å². The number of fused-ring (bicyclic) bond motifs is 1. The summed E-state index contributed by atoms with van der Waals surface area (Å²) in [5, 5.41) is 3.99. The SMILES string of the molecule is Cc1noc(C)c1-c1cc(Br)c2c(c1)C=NC2. The normalized spacial score (nSPS) is 13.1. The van der Waals surface area contributed by atoms with Gasteiger partial charge in [0.2, 0.25) is 0 Å². The Balaban J connectivity index is 2.23. The van der Waals surface area contributed by atoms with E-state index in [2.05, 4.69) is 38.2 Å². The highest BCUT2D eigenvalue weighted by atomic mass is 79.9. The third kappa shape index (κ3) is 1.63. The summed E-state index contributed by atoms with van der Waals surface area (Å²) in [5.41, 5.74) is 5.55. The zero-order chi connectivity index (χ0) is 12.0. The number of hydrogen-bond acceptors (Lipinski definition) is 3. The van der Waals surface area contributed by atoms with Crippen LogP contribution in [0.1, 0.15) is 22.6 Å². The first kappa shape index (κ1) is 10.7. The number of aryl methyl sites for hydroxylation is 2. The van der Waals surface area contributed by atoms with Gasteiger partial charge >= 0.3 is 0 Å². The third-order valence-corrected chi connectivity index (χ3v) is 3.74. The number of nitrogens with zero attached hydrogens (tertiary/aromatic N) is 2. The van der Waals surface area contributed by atoms with Crippen LogP contribution in [0.2, 0.25) is 0 Å². The molecule has 1 aromatic carbocycles. The van der Waals surface area contributed by atoms with Crippen molar-refractivity contribution in [2.45, 2.75) is 20.4 Å². The lowest BCUT2D eigenvalue weighted by Gasteiger charge is -2.06. The fraction of sp³-hybridized carbons (Fsp3) is 0.231. The van der Waals surface area contributed by atoms with Crippen LogP contribution < -0.4 is 0 Å². The Kier molecular flexibility index (Phi) is 2.40. The van der Waals surface area contributed by atoms with Crippen molar-refractivity contribution in [3.63, 3.8) is 0 Å². The first-order valence-electron chi connectivity index (χ1n) is 5.42. The maximum absolute atomic E-state index is 5.21. The van der Waals surface area contributed by atoms with Gasteiger partial charge in [0.1, 0.15) is 5.76 Å². The van der Waals surface area contributed by atoms with Gasteiger partial charge in [-0.3, -0.25) is 4.99 Å². The van der Waals surface area contributed by atoms with Crippen LogP contribution in [0.5, 0.6) is 0 Å². The molecule has 0 spiro atoms. The third-order valence-electron chi connectivity index (χ3n) is 3.03. The van der Waals surface area contributed by atoms with Gasteiger partial charge in [0.05, 0.1) is 12.2 Å². The molecule has 1 aromatic heterocycles. The summed E-state index contributed by atoms with van der Waals surface area (Å²) in [4.78, 5) is 4.29. The summed E-state index contributed by atoms with van der Waals surface area (Å²) < 4.78 is 6.31. The van der Waals surface area contributed by atoms with Gasteiger partial charge in [-0.05, 0) is 42.7 Å². The van der Waals surface area contributed by atoms with E-state index in [-0.39, 0.29) is 0 Å². The van der Waals surface area contributed by atoms with E-state index in [9.17, 15) is 0 Å². The molecular formula is C13H11BrN2O. The molecule has 2 aromatic rings. The fourth-order valence-electron chi connectivity index (χ4n) is 2.21. The van der Waals surface area contributed by atoms with Gasteiger partial charge in [-0.1, -0.05) is 21.1 Å². The Morgan fingerprint density at radius 2 is 2.12 bits per heavy atom. The number of aromatic nitrogens is 1. The second-order valence-corrected chi connectivity index (χ2v) is 5.05. The van der Waals surface area contributed by atoms with Crippen LogP contribution in [0, 0.1) is 13.8 Å². The average Bonchev–Trinajstić information content (AvgIpc) is 2.86. The monoisotopic (exact) mass is 290 g/mol. The van der Waals surface area contributed by atoms with E-state index in [1.54, 1.807) is 0 Å². The standard InChI is InChI=1S/C13H11BrN2O/c1-7-13(8(2)17-16-7)9-3-10-5-15-6-11(10)12(14)4-9/h3-5H,6H2,1-2H3. The summed E-state index contributed by atoms with van der Waals surface area (Å²) in [5.74, 6) is 0.851. The highest BCUT2D eigenvalue weighted by Crippen LogP contribution is 2.33. The predicted molar refractivity (Wildman–Crippen MR) is 70.4 cm³/mol. The molecule has 0 saturated carbocycles. The topological polar surface area (TPSA) is 38.4 Å². The summed E-state index contributed by atoms with van der Waals surface area (Å²) in [6, 6.07) is 4.25. The molecule has 0 N–H and O–H groups in total. The van der Waals surface area contributed by atoms with Gasteiger partial charge in [0.25, 0.3) is 0 Å². The van der Waals surface area contributed by atoms with E-state index in [0.717, 1.165) is 33.6 Å². The minimum absolute atomic E-state index is 0.762. The molecule has 86 valence electrons. The zero-order valence-corrected chi connectivity index (χ0v) is 11.2. The van der Waals surface area contributed by atoms with Gasteiger partial charge < -0.3 is 4.52 Å². The molecule has 1 aliphatic rings. The molecule has 3 nitrogen and oxygen atoms in total. The van der Waals surface area contributed by atoms with E-state index >= 15 is 0 Å². The van der Waals surface area contributed by atoms with Crippen molar-refractivity contribution in [2.75, 3.05) is 0 Å². The van der Waals surface area contributed by atoms with Crippen molar-refractivity contribution in [3.05, 3.63) is 39.2 Å². The quantitative estimate of drug-likeness (QED) is 0.804. The van der Waals surface area contributed by atoms with Gasteiger partial charge in [0.15, 0.2) is 0 Å². The van der Waals surface area contributed by atoms with Gasteiger partial charge in [-0.15, -0.1) is 0 Å². The Hall–Kier alpha value is -1.42. The first-order valence-corrected chi connectivity index (χ1v) is 6.21. The second-order valence-electron chi connectivity index (χ2n) is 4.19. The molecule has 2 heterocycles. The minimum Gasteiger partial charge on any atom is -0.361 e. The van der Waals surface area contributed by atoms with E-state index < -0.39 is 0 Å². The lowest BCUT2D eigenvalue weighted by Crippen LogP contribution is -1.90. The van der Waals surface area contributed by atoms with Crippen molar-refractivity contribution in [1.29, 1.82) is 0 Å². The summed E-state index contributed by atoms with van der Waals surface area (Å²) in [7, 11) is 0. The van der Waals surface area contributed by atoms with E-state index in [4.69, 9.17) is 4.52 Å². The Labute approximate surface area is 108 Å². The zero-order valence-electron chi connectivity index (χ0n) is 9.62. The number of aliphatic imine (C=N–C) groups is 1. The van der Waals surface area contributed by atoms with Crippen LogP contribution in [-0.4, -0.2) is 11.4 Å². The largest absolute Gasteiger partial charge is 0.361 e. The predicted octanol–water partition coefficient (Wildman–Crippen LogP) is 3.65. The molecule has 4 heteroatoms. The molecule has 0 atom stereocenters. The molecule has 3 rings (SSSR count). The molecule has 0 aliphatic carbocycles. The Bertz CT molecular complexity index is 609.